The highest BCUT2D eigenvalue weighted by atomic mass is 16.1. The molecule has 0 aliphatic rings. The molecule has 0 unspecified atom stereocenters. The highest BCUT2D eigenvalue weighted by Gasteiger charge is 1.91. The maximum Gasteiger partial charge on any atom is 0.204 e. The van der Waals surface area contributed by atoms with Crippen molar-refractivity contribution in [3.63, 3.8) is 0 Å². The molecule has 0 amide bonds. The van der Waals surface area contributed by atoms with Gasteiger partial charge in [-0.2, -0.15) is 0 Å². The monoisotopic (exact) mass is 150 g/mol. The van der Waals surface area contributed by atoms with Crippen LogP contribution < -0.4 is 11.2 Å². The molecule has 3 heteroatoms. The second kappa shape index (κ2) is 3.05. The van der Waals surface area contributed by atoms with E-state index in [1.165, 1.54) is 6.07 Å². The standard InChI is InChI=1S/C8H10N2O/c1-2-4-10-5-3-8(11)7(9)6-10/h2-3,5-6H,1,4,9H2. The van der Waals surface area contributed by atoms with Gasteiger partial charge < -0.3 is 10.3 Å². The quantitative estimate of drug-likeness (QED) is 0.628. The van der Waals surface area contributed by atoms with E-state index in [1.54, 1.807) is 23.0 Å². The predicted molar refractivity (Wildman–Crippen MR) is 45.3 cm³/mol. The molecule has 1 heterocycles. The first kappa shape index (κ1) is 7.60. The molecule has 0 fully saturated rings. The molecule has 1 aromatic rings. The first-order valence-corrected chi connectivity index (χ1v) is 3.30. The molecule has 0 aromatic carbocycles. The number of hydrogen-bond donors (Lipinski definition) is 1. The van der Waals surface area contributed by atoms with Crippen molar-refractivity contribution >= 4 is 5.69 Å². The molecular formula is C8H10N2O. The second-order valence-corrected chi connectivity index (χ2v) is 2.25. The van der Waals surface area contributed by atoms with Gasteiger partial charge >= 0.3 is 0 Å². The number of allylic oxidation sites excluding steroid dienone is 1. The van der Waals surface area contributed by atoms with E-state index in [-0.39, 0.29) is 11.1 Å². The van der Waals surface area contributed by atoms with Gasteiger partial charge in [-0.1, -0.05) is 6.08 Å². The fourth-order valence-electron chi connectivity index (χ4n) is 0.808. The number of nitrogens with zero attached hydrogens (tertiary/aromatic N) is 1. The lowest BCUT2D eigenvalue weighted by Gasteiger charge is -2.01. The van der Waals surface area contributed by atoms with Crippen LogP contribution in [0.1, 0.15) is 0 Å². The van der Waals surface area contributed by atoms with Crippen LogP contribution in [0, 0.1) is 0 Å². The van der Waals surface area contributed by atoms with Crippen LogP contribution in [0.15, 0.2) is 35.9 Å². The van der Waals surface area contributed by atoms with Crippen molar-refractivity contribution in [2.24, 2.45) is 0 Å². The normalized spacial score (nSPS) is 9.45. The second-order valence-electron chi connectivity index (χ2n) is 2.25. The summed E-state index contributed by atoms with van der Waals surface area (Å²) in [6.45, 7) is 4.24. The topological polar surface area (TPSA) is 48.0 Å². The zero-order chi connectivity index (χ0) is 8.27. The highest BCUT2D eigenvalue weighted by molar-refractivity contribution is 5.33. The zero-order valence-corrected chi connectivity index (χ0v) is 6.16. The van der Waals surface area contributed by atoms with Gasteiger partial charge in [0, 0.05) is 25.0 Å². The molecule has 0 saturated heterocycles. The van der Waals surface area contributed by atoms with Crippen molar-refractivity contribution in [3.05, 3.63) is 41.3 Å². The summed E-state index contributed by atoms with van der Waals surface area (Å²) in [7, 11) is 0. The summed E-state index contributed by atoms with van der Waals surface area (Å²) in [6, 6.07) is 1.44. The minimum atomic E-state index is -0.134. The van der Waals surface area contributed by atoms with Crippen molar-refractivity contribution in [1.82, 2.24) is 4.57 Å². The maximum atomic E-state index is 10.8. The van der Waals surface area contributed by atoms with Gasteiger partial charge in [0.2, 0.25) is 5.43 Å². The van der Waals surface area contributed by atoms with E-state index in [9.17, 15) is 4.79 Å². The third-order valence-corrected chi connectivity index (χ3v) is 1.35. The Labute approximate surface area is 64.8 Å². The van der Waals surface area contributed by atoms with Crippen LogP contribution in [0.3, 0.4) is 0 Å². The third-order valence-electron chi connectivity index (χ3n) is 1.35. The summed E-state index contributed by atoms with van der Waals surface area (Å²) in [4.78, 5) is 10.8. The lowest BCUT2D eigenvalue weighted by atomic mass is 10.4. The number of aromatic nitrogens is 1. The molecule has 0 radical (unpaired) electrons. The van der Waals surface area contributed by atoms with E-state index in [0.717, 1.165) is 0 Å². The minimum Gasteiger partial charge on any atom is -0.394 e. The van der Waals surface area contributed by atoms with E-state index in [0.29, 0.717) is 6.54 Å². The van der Waals surface area contributed by atoms with Gasteiger partial charge in [-0.25, -0.2) is 0 Å². The van der Waals surface area contributed by atoms with Gasteiger partial charge in [-0.05, 0) is 0 Å². The molecule has 0 atom stereocenters. The number of hydrogen-bond acceptors (Lipinski definition) is 2. The Bertz CT molecular complexity index is 314. The number of rotatable bonds is 2. The summed E-state index contributed by atoms with van der Waals surface area (Å²) < 4.78 is 1.80. The highest BCUT2D eigenvalue weighted by Crippen LogP contribution is 1.92. The van der Waals surface area contributed by atoms with Gasteiger partial charge in [0.25, 0.3) is 0 Å². The van der Waals surface area contributed by atoms with Gasteiger partial charge in [-0.3, -0.25) is 4.79 Å². The lowest BCUT2D eigenvalue weighted by Crippen LogP contribution is -2.10. The third kappa shape index (κ3) is 1.70. The van der Waals surface area contributed by atoms with Gasteiger partial charge in [-0.15, -0.1) is 6.58 Å². The fraction of sp³-hybridized carbons (Fsp3) is 0.125. The van der Waals surface area contributed by atoms with Crippen molar-refractivity contribution in [1.29, 1.82) is 0 Å². The van der Waals surface area contributed by atoms with Gasteiger partial charge in [0.1, 0.15) is 0 Å². The number of nitrogens with two attached hydrogens (primary N) is 1. The summed E-state index contributed by atoms with van der Waals surface area (Å²) in [5.74, 6) is 0. The van der Waals surface area contributed by atoms with E-state index < -0.39 is 0 Å². The maximum absolute atomic E-state index is 10.8. The van der Waals surface area contributed by atoms with Crippen molar-refractivity contribution in [2.75, 3.05) is 5.73 Å². The largest absolute Gasteiger partial charge is 0.394 e. The molecule has 3 nitrogen and oxygen atoms in total. The summed E-state index contributed by atoms with van der Waals surface area (Å²) in [5.41, 5.74) is 5.52. The predicted octanol–water partition coefficient (Wildman–Crippen LogP) is 0.616. The fourth-order valence-corrected chi connectivity index (χ4v) is 0.808. The van der Waals surface area contributed by atoms with E-state index >= 15 is 0 Å². The SMILES string of the molecule is C=CCn1ccc(=O)c(N)c1. The van der Waals surface area contributed by atoms with Gasteiger partial charge in [0.15, 0.2) is 0 Å². The first-order chi connectivity index (χ1) is 5.24. The van der Waals surface area contributed by atoms with Crippen LogP contribution >= 0.6 is 0 Å². The molecule has 0 bridgehead atoms. The van der Waals surface area contributed by atoms with Crippen LogP contribution in [0.4, 0.5) is 5.69 Å². The van der Waals surface area contributed by atoms with Crippen molar-refractivity contribution in [2.45, 2.75) is 6.54 Å². The number of pyridine rings is 1. The Kier molecular flexibility index (Phi) is 2.11. The molecule has 0 saturated carbocycles. The molecule has 58 valence electrons. The van der Waals surface area contributed by atoms with Crippen molar-refractivity contribution in [3.8, 4) is 0 Å². The van der Waals surface area contributed by atoms with Crippen molar-refractivity contribution < 1.29 is 0 Å². The Hall–Kier alpha value is -1.51. The Morgan fingerprint density at radius 3 is 3.00 bits per heavy atom. The molecule has 2 N–H and O–H groups in total. The molecule has 0 spiro atoms. The Morgan fingerprint density at radius 2 is 2.45 bits per heavy atom. The van der Waals surface area contributed by atoms with Crippen LogP contribution in [0.2, 0.25) is 0 Å². The van der Waals surface area contributed by atoms with E-state index in [4.69, 9.17) is 5.73 Å². The summed E-state index contributed by atoms with van der Waals surface area (Å²) in [6.07, 6.45) is 5.02. The van der Waals surface area contributed by atoms with Crippen LogP contribution in [-0.4, -0.2) is 4.57 Å². The molecule has 1 aromatic heterocycles. The smallest absolute Gasteiger partial charge is 0.204 e. The van der Waals surface area contributed by atoms with Crippen LogP contribution in [0.5, 0.6) is 0 Å². The molecule has 0 aliphatic heterocycles. The molecule has 1 rings (SSSR count). The average molecular weight is 150 g/mol. The summed E-state index contributed by atoms with van der Waals surface area (Å²) >= 11 is 0. The molecule has 0 aliphatic carbocycles. The molecule has 11 heavy (non-hydrogen) atoms. The average Bonchev–Trinajstić information content (AvgIpc) is 1.98. The molecular weight excluding hydrogens is 140 g/mol. The lowest BCUT2D eigenvalue weighted by molar-refractivity contribution is 0.815. The zero-order valence-electron chi connectivity index (χ0n) is 6.16. The summed E-state index contributed by atoms with van der Waals surface area (Å²) in [5, 5.41) is 0. The van der Waals surface area contributed by atoms with E-state index in [1.807, 2.05) is 0 Å². The van der Waals surface area contributed by atoms with Crippen LogP contribution in [0.25, 0.3) is 0 Å². The Morgan fingerprint density at radius 1 is 1.73 bits per heavy atom. The van der Waals surface area contributed by atoms with Gasteiger partial charge in [0.05, 0.1) is 5.69 Å². The van der Waals surface area contributed by atoms with Crippen LogP contribution in [-0.2, 0) is 6.54 Å². The minimum absolute atomic E-state index is 0.134. The first-order valence-electron chi connectivity index (χ1n) is 3.30. The number of anilines is 1. The Balaban J connectivity index is 3.04. The van der Waals surface area contributed by atoms with E-state index in [2.05, 4.69) is 6.58 Å². The number of nitrogen functional groups attached to an aromatic ring is 1.